The van der Waals surface area contributed by atoms with Crippen LogP contribution in [-0.4, -0.2) is 36.1 Å². The fraction of sp³-hybridized carbons (Fsp3) is 0.370. The number of nitrogens with one attached hydrogen (secondary N) is 2. The first-order valence-electron chi connectivity index (χ1n) is 12.1. The number of fused-ring (bicyclic) bond motifs is 2. The summed E-state index contributed by atoms with van der Waals surface area (Å²) in [5, 5.41) is 10.3. The van der Waals surface area contributed by atoms with E-state index in [0.29, 0.717) is 30.8 Å². The van der Waals surface area contributed by atoms with Crippen LogP contribution in [0.2, 0.25) is 0 Å². The quantitative estimate of drug-likeness (QED) is 0.0853. The van der Waals surface area contributed by atoms with Gasteiger partial charge in [-0.05, 0) is 65.1 Å². The highest BCUT2D eigenvalue weighted by Gasteiger charge is 2.24. The molecule has 7 nitrogen and oxygen atoms in total. The van der Waals surface area contributed by atoms with Crippen LogP contribution in [-0.2, 0) is 9.59 Å². The normalized spacial score (nSPS) is 12.7. The van der Waals surface area contributed by atoms with Crippen molar-refractivity contribution in [1.82, 2.24) is 5.32 Å². The van der Waals surface area contributed by atoms with E-state index in [1.54, 1.807) is 0 Å². The maximum atomic E-state index is 13.2. The van der Waals surface area contributed by atoms with Crippen molar-refractivity contribution in [1.29, 1.82) is 0 Å². The molecule has 6 N–H and O–H groups in total. The number of thiol groups is 1. The molecule has 3 aromatic carbocycles. The minimum absolute atomic E-state index is 0.00780. The number of carbonyl (C=O) groups is 2. The highest BCUT2D eigenvalue weighted by molar-refractivity contribution is 7.80. The van der Waals surface area contributed by atoms with Crippen molar-refractivity contribution >= 4 is 57.6 Å². The molecule has 0 bridgehead atoms. The van der Waals surface area contributed by atoms with Gasteiger partial charge in [0.25, 0.3) is 0 Å². The minimum Gasteiger partial charge on any atom is -0.370 e. The maximum Gasteiger partial charge on any atom is 0.246 e. The Bertz CT molecular complexity index is 1190. The van der Waals surface area contributed by atoms with Gasteiger partial charge in [0.1, 0.15) is 6.04 Å². The van der Waals surface area contributed by atoms with Gasteiger partial charge in [-0.3, -0.25) is 14.6 Å². The van der Waals surface area contributed by atoms with Gasteiger partial charge in [0.2, 0.25) is 11.8 Å². The SMILES string of the molecule is CCCC[C@H](CS)C(=O)N[C@@H](CCCN=C(N)N)C(=O)Nc1ccc2cc3ccccc3cc2c1. The Labute approximate surface area is 212 Å². The second-order valence-electron chi connectivity index (χ2n) is 8.78. The van der Waals surface area contributed by atoms with Crippen LogP contribution in [0.25, 0.3) is 21.5 Å². The van der Waals surface area contributed by atoms with Crippen LogP contribution >= 0.6 is 12.6 Å². The molecule has 3 aromatic rings. The van der Waals surface area contributed by atoms with Crippen LogP contribution in [0.5, 0.6) is 0 Å². The Morgan fingerprint density at radius 1 is 0.914 bits per heavy atom. The van der Waals surface area contributed by atoms with Crippen molar-refractivity contribution in [3.05, 3.63) is 54.6 Å². The lowest BCUT2D eigenvalue weighted by Crippen LogP contribution is -2.46. The molecule has 0 aliphatic carbocycles. The standard InChI is InChI=1S/C27H35N5O2S/c1-2-3-7-21(17-35)25(33)32-24(10-6-13-30-27(28)29)26(34)31-23-12-11-20-14-18-8-4-5-9-19(18)15-22(20)16-23/h4-5,8-9,11-12,14-16,21,24,35H,2-3,6-7,10,13,17H2,1H3,(H,31,34)(H,32,33)(H4,28,29,30)/t21-,24+/m1/s1. The molecule has 0 aromatic heterocycles. The molecular formula is C27H35N5O2S. The van der Waals surface area contributed by atoms with Crippen molar-refractivity contribution in [2.24, 2.45) is 22.4 Å². The van der Waals surface area contributed by atoms with Crippen molar-refractivity contribution in [3.63, 3.8) is 0 Å². The second-order valence-corrected chi connectivity index (χ2v) is 9.15. The number of unbranched alkanes of at least 4 members (excludes halogenated alkanes) is 1. The topological polar surface area (TPSA) is 123 Å². The lowest BCUT2D eigenvalue weighted by atomic mass is 10.0. The van der Waals surface area contributed by atoms with E-state index >= 15 is 0 Å². The van der Waals surface area contributed by atoms with Crippen LogP contribution in [0.15, 0.2) is 59.6 Å². The lowest BCUT2D eigenvalue weighted by molar-refractivity contribution is -0.129. The summed E-state index contributed by atoms with van der Waals surface area (Å²) in [5.41, 5.74) is 11.5. The third-order valence-electron chi connectivity index (χ3n) is 6.05. The van der Waals surface area contributed by atoms with Gasteiger partial charge in [0, 0.05) is 23.9 Å². The highest BCUT2D eigenvalue weighted by Crippen LogP contribution is 2.25. The molecule has 8 heteroatoms. The predicted molar refractivity (Wildman–Crippen MR) is 149 cm³/mol. The van der Waals surface area contributed by atoms with E-state index in [1.165, 1.54) is 5.39 Å². The largest absolute Gasteiger partial charge is 0.370 e. The van der Waals surface area contributed by atoms with Crippen LogP contribution in [0.1, 0.15) is 39.0 Å². The molecule has 0 unspecified atom stereocenters. The zero-order valence-electron chi connectivity index (χ0n) is 20.2. The van der Waals surface area contributed by atoms with E-state index in [2.05, 4.69) is 59.4 Å². The van der Waals surface area contributed by atoms with Gasteiger partial charge >= 0.3 is 0 Å². The van der Waals surface area contributed by atoms with E-state index in [-0.39, 0.29) is 23.7 Å². The van der Waals surface area contributed by atoms with Crippen molar-refractivity contribution < 1.29 is 9.59 Å². The van der Waals surface area contributed by atoms with E-state index in [0.717, 1.165) is 35.4 Å². The molecule has 186 valence electrons. The third kappa shape index (κ3) is 7.62. The summed E-state index contributed by atoms with van der Waals surface area (Å²) < 4.78 is 0. The molecule has 2 amide bonds. The van der Waals surface area contributed by atoms with Crippen LogP contribution in [0.3, 0.4) is 0 Å². The fourth-order valence-electron chi connectivity index (χ4n) is 4.06. The molecule has 3 rings (SSSR count). The van der Waals surface area contributed by atoms with Crippen molar-refractivity contribution in [3.8, 4) is 0 Å². The number of nitrogens with two attached hydrogens (primary N) is 2. The van der Waals surface area contributed by atoms with Gasteiger partial charge in [-0.25, -0.2) is 0 Å². The predicted octanol–water partition coefficient (Wildman–Crippen LogP) is 4.21. The maximum absolute atomic E-state index is 13.2. The highest BCUT2D eigenvalue weighted by atomic mass is 32.1. The average Bonchev–Trinajstić information content (AvgIpc) is 2.84. The number of aliphatic imine (C=N–C) groups is 1. The molecule has 0 aliphatic heterocycles. The first-order chi connectivity index (χ1) is 16.9. The van der Waals surface area contributed by atoms with E-state index in [1.807, 2.05) is 30.3 Å². The van der Waals surface area contributed by atoms with Crippen LogP contribution in [0, 0.1) is 5.92 Å². The number of anilines is 1. The van der Waals surface area contributed by atoms with Gasteiger partial charge in [0.05, 0.1) is 0 Å². The summed E-state index contributed by atoms with van der Waals surface area (Å²) in [4.78, 5) is 30.1. The molecule has 0 saturated heterocycles. The monoisotopic (exact) mass is 493 g/mol. The summed E-state index contributed by atoms with van der Waals surface area (Å²) in [6.45, 7) is 2.47. The Morgan fingerprint density at radius 2 is 1.60 bits per heavy atom. The van der Waals surface area contributed by atoms with Gasteiger partial charge in [0.15, 0.2) is 5.96 Å². The first-order valence-corrected chi connectivity index (χ1v) is 12.7. The van der Waals surface area contributed by atoms with E-state index < -0.39 is 6.04 Å². The Kier molecular flexibility index (Phi) is 9.78. The molecule has 0 heterocycles. The number of amides is 2. The zero-order valence-corrected chi connectivity index (χ0v) is 21.1. The van der Waals surface area contributed by atoms with E-state index in [9.17, 15) is 9.59 Å². The number of hydrogen-bond acceptors (Lipinski definition) is 4. The molecule has 0 radical (unpaired) electrons. The summed E-state index contributed by atoms with van der Waals surface area (Å²) in [6.07, 6.45) is 3.65. The zero-order chi connectivity index (χ0) is 25.2. The van der Waals surface area contributed by atoms with Gasteiger partial charge in [-0.1, -0.05) is 50.1 Å². The number of hydrogen-bond donors (Lipinski definition) is 5. The summed E-state index contributed by atoms with van der Waals surface area (Å²) in [6, 6.07) is 17.5. The van der Waals surface area contributed by atoms with Crippen molar-refractivity contribution in [2.45, 2.75) is 45.1 Å². The molecule has 0 fully saturated rings. The number of guanidine groups is 1. The number of nitrogens with zero attached hydrogens (tertiary/aromatic N) is 1. The first kappa shape index (κ1) is 26.3. The molecule has 35 heavy (non-hydrogen) atoms. The Balaban J connectivity index is 1.75. The lowest BCUT2D eigenvalue weighted by Gasteiger charge is -2.22. The molecule has 0 saturated carbocycles. The Hall–Kier alpha value is -3.26. The second kappa shape index (κ2) is 13.0. The third-order valence-corrected chi connectivity index (χ3v) is 6.49. The summed E-state index contributed by atoms with van der Waals surface area (Å²) in [7, 11) is 0. The number of carbonyl (C=O) groups excluding carboxylic acids is 2. The van der Waals surface area contributed by atoms with Gasteiger partial charge in [-0.15, -0.1) is 0 Å². The molecule has 2 atom stereocenters. The number of benzene rings is 3. The van der Waals surface area contributed by atoms with Crippen LogP contribution < -0.4 is 22.1 Å². The number of rotatable bonds is 12. The molecule has 0 aliphatic rings. The Morgan fingerprint density at radius 3 is 2.26 bits per heavy atom. The van der Waals surface area contributed by atoms with Crippen molar-refractivity contribution in [2.75, 3.05) is 17.6 Å². The van der Waals surface area contributed by atoms with E-state index in [4.69, 9.17) is 11.5 Å². The minimum atomic E-state index is -0.701. The van der Waals surface area contributed by atoms with Gasteiger partial charge < -0.3 is 22.1 Å². The molecular weight excluding hydrogens is 458 g/mol. The summed E-state index contributed by atoms with van der Waals surface area (Å²) >= 11 is 4.34. The fourth-order valence-corrected chi connectivity index (χ4v) is 4.41. The average molecular weight is 494 g/mol. The van der Waals surface area contributed by atoms with Crippen LogP contribution in [0.4, 0.5) is 5.69 Å². The van der Waals surface area contributed by atoms with Gasteiger partial charge in [-0.2, -0.15) is 12.6 Å². The smallest absolute Gasteiger partial charge is 0.246 e. The molecule has 0 spiro atoms. The summed E-state index contributed by atoms with van der Waals surface area (Å²) in [5.74, 6) is -0.210.